The van der Waals surface area contributed by atoms with Gasteiger partial charge in [0.15, 0.2) is 5.82 Å². The topological polar surface area (TPSA) is 67.2 Å². The standard InChI is InChI=1S/C18H26N4O2/c1-21-11-9-19-17(18(21)24)22-10-5-8-15(13-22)20-16(23)12-14-6-3-2-4-7-14/h6,9,11,15H,2-5,7-8,10,12-13H2,1H3,(H,20,23). The zero-order chi connectivity index (χ0) is 16.9. The Kier molecular flexibility index (Phi) is 5.33. The Bertz CT molecular complexity index is 680. The van der Waals surface area contributed by atoms with E-state index in [0.717, 1.165) is 32.2 Å². The van der Waals surface area contributed by atoms with E-state index in [9.17, 15) is 9.59 Å². The molecule has 1 aliphatic carbocycles. The van der Waals surface area contributed by atoms with Crippen molar-refractivity contribution in [2.45, 2.75) is 51.0 Å². The van der Waals surface area contributed by atoms with Crippen LogP contribution in [-0.2, 0) is 11.8 Å². The number of carbonyl (C=O) groups excluding carboxylic acids is 1. The maximum Gasteiger partial charge on any atom is 0.293 e. The highest BCUT2D eigenvalue weighted by Gasteiger charge is 2.24. The summed E-state index contributed by atoms with van der Waals surface area (Å²) in [6, 6.07) is 0.0853. The highest BCUT2D eigenvalue weighted by molar-refractivity contribution is 5.79. The van der Waals surface area contributed by atoms with Gasteiger partial charge in [0.05, 0.1) is 0 Å². The smallest absolute Gasteiger partial charge is 0.293 e. The van der Waals surface area contributed by atoms with E-state index < -0.39 is 0 Å². The van der Waals surface area contributed by atoms with Crippen LogP contribution in [0.15, 0.2) is 28.8 Å². The molecule has 2 heterocycles. The first-order valence-corrected chi connectivity index (χ1v) is 8.87. The van der Waals surface area contributed by atoms with Crippen LogP contribution >= 0.6 is 0 Å². The van der Waals surface area contributed by atoms with Crippen LogP contribution in [0.5, 0.6) is 0 Å². The van der Waals surface area contributed by atoms with Crippen molar-refractivity contribution in [3.63, 3.8) is 0 Å². The fourth-order valence-corrected chi connectivity index (χ4v) is 3.54. The summed E-state index contributed by atoms with van der Waals surface area (Å²) in [6.07, 6.45) is 12.5. The van der Waals surface area contributed by atoms with Crippen LogP contribution in [-0.4, -0.2) is 34.6 Å². The van der Waals surface area contributed by atoms with Crippen molar-refractivity contribution in [1.29, 1.82) is 0 Å². The Hall–Kier alpha value is -2.11. The second-order valence-corrected chi connectivity index (χ2v) is 6.80. The van der Waals surface area contributed by atoms with E-state index in [-0.39, 0.29) is 17.5 Å². The first-order valence-electron chi connectivity index (χ1n) is 8.87. The van der Waals surface area contributed by atoms with Crippen LogP contribution < -0.4 is 15.8 Å². The molecule has 1 aromatic heterocycles. The monoisotopic (exact) mass is 330 g/mol. The van der Waals surface area contributed by atoms with E-state index in [1.54, 1.807) is 24.0 Å². The normalized spacial score (nSPS) is 21.3. The molecule has 2 aliphatic rings. The van der Waals surface area contributed by atoms with Crippen molar-refractivity contribution >= 4 is 11.7 Å². The molecule has 1 fully saturated rings. The zero-order valence-electron chi connectivity index (χ0n) is 14.3. The fraction of sp³-hybridized carbons (Fsp3) is 0.611. The maximum atomic E-state index is 12.3. The third kappa shape index (κ3) is 4.04. The molecule has 0 radical (unpaired) electrons. The average Bonchev–Trinajstić information content (AvgIpc) is 2.58. The van der Waals surface area contributed by atoms with Crippen molar-refractivity contribution in [1.82, 2.24) is 14.9 Å². The number of nitrogens with zero attached hydrogens (tertiary/aromatic N) is 3. The summed E-state index contributed by atoms with van der Waals surface area (Å²) in [4.78, 5) is 30.8. The summed E-state index contributed by atoms with van der Waals surface area (Å²) in [5, 5.41) is 3.14. The number of allylic oxidation sites excluding steroid dienone is 1. The summed E-state index contributed by atoms with van der Waals surface area (Å²) in [5.41, 5.74) is 1.18. The summed E-state index contributed by atoms with van der Waals surface area (Å²) < 4.78 is 1.54. The van der Waals surface area contributed by atoms with Gasteiger partial charge in [0.25, 0.3) is 5.56 Å². The molecule has 1 atom stereocenters. The van der Waals surface area contributed by atoms with Gasteiger partial charge in [0.1, 0.15) is 0 Å². The molecule has 1 unspecified atom stereocenters. The highest BCUT2D eigenvalue weighted by Crippen LogP contribution is 2.20. The van der Waals surface area contributed by atoms with Gasteiger partial charge < -0.3 is 14.8 Å². The molecule has 0 aromatic carbocycles. The molecule has 3 rings (SSSR count). The number of hydrogen-bond donors (Lipinski definition) is 1. The van der Waals surface area contributed by atoms with E-state index in [1.807, 2.05) is 4.90 Å². The third-order valence-electron chi connectivity index (χ3n) is 4.86. The van der Waals surface area contributed by atoms with E-state index >= 15 is 0 Å². The number of piperidine rings is 1. The van der Waals surface area contributed by atoms with E-state index in [4.69, 9.17) is 0 Å². The first-order chi connectivity index (χ1) is 11.6. The van der Waals surface area contributed by atoms with Crippen LogP contribution in [0, 0.1) is 0 Å². The molecule has 24 heavy (non-hydrogen) atoms. The Balaban J connectivity index is 1.59. The minimum Gasteiger partial charge on any atom is -0.351 e. The number of aryl methyl sites for hydroxylation is 1. The molecule has 130 valence electrons. The molecule has 0 saturated carbocycles. The number of rotatable bonds is 4. The van der Waals surface area contributed by atoms with Gasteiger partial charge in [-0.05, 0) is 38.5 Å². The SMILES string of the molecule is Cn1ccnc(N2CCCC(NC(=O)CC3=CCCCC3)C2)c1=O. The van der Waals surface area contributed by atoms with Gasteiger partial charge in [-0.1, -0.05) is 11.6 Å². The molecule has 1 amide bonds. The van der Waals surface area contributed by atoms with E-state index in [0.29, 0.717) is 18.8 Å². The van der Waals surface area contributed by atoms with E-state index in [1.165, 1.54) is 18.4 Å². The predicted molar refractivity (Wildman–Crippen MR) is 94.0 cm³/mol. The van der Waals surface area contributed by atoms with Gasteiger partial charge in [0.2, 0.25) is 5.91 Å². The summed E-state index contributed by atoms with van der Waals surface area (Å²) in [6.45, 7) is 1.46. The van der Waals surface area contributed by atoms with Crippen LogP contribution in [0.4, 0.5) is 5.82 Å². The number of aromatic nitrogens is 2. The van der Waals surface area contributed by atoms with Crippen molar-refractivity contribution in [2.75, 3.05) is 18.0 Å². The van der Waals surface area contributed by atoms with Gasteiger partial charge in [-0.15, -0.1) is 0 Å². The number of nitrogens with one attached hydrogen (secondary N) is 1. The molecular formula is C18H26N4O2. The van der Waals surface area contributed by atoms with Gasteiger partial charge in [-0.3, -0.25) is 9.59 Å². The minimum atomic E-state index is -0.0863. The van der Waals surface area contributed by atoms with Crippen LogP contribution in [0.1, 0.15) is 44.9 Å². The highest BCUT2D eigenvalue weighted by atomic mass is 16.1. The van der Waals surface area contributed by atoms with Gasteiger partial charge in [-0.2, -0.15) is 0 Å². The maximum absolute atomic E-state index is 12.3. The summed E-state index contributed by atoms with van der Waals surface area (Å²) >= 11 is 0. The molecule has 6 heteroatoms. The lowest BCUT2D eigenvalue weighted by Gasteiger charge is -2.33. The Labute approximate surface area is 142 Å². The Morgan fingerprint density at radius 3 is 3.04 bits per heavy atom. The van der Waals surface area contributed by atoms with Gasteiger partial charge in [0, 0.05) is 45.0 Å². The molecule has 0 bridgehead atoms. The van der Waals surface area contributed by atoms with Crippen molar-refractivity contribution in [3.8, 4) is 0 Å². The van der Waals surface area contributed by atoms with E-state index in [2.05, 4.69) is 16.4 Å². The van der Waals surface area contributed by atoms with Crippen molar-refractivity contribution in [3.05, 3.63) is 34.4 Å². The molecule has 1 aromatic rings. The Morgan fingerprint density at radius 2 is 2.25 bits per heavy atom. The number of amides is 1. The lowest BCUT2D eigenvalue weighted by molar-refractivity contribution is -0.121. The lowest BCUT2D eigenvalue weighted by Crippen LogP contribution is -2.49. The average molecular weight is 330 g/mol. The largest absolute Gasteiger partial charge is 0.351 e. The molecule has 0 spiro atoms. The van der Waals surface area contributed by atoms with Crippen molar-refractivity contribution < 1.29 is 4.79 Å². The van der Waals surface area contributed by atoms with Crippen LogP contribution in [0.3, 0.4) is 0 Å². The molecular weight excluding hydrogens is 304 g/mol. The zero-order valence-corrected chi connectivity index (χ0v) is 14.3. The van der Waals surface area contributed by atoms with Crippen LogP contribution in [0.2, 0.25) is 0 Å². The van der Waals surface area contributed by atoms with Gasteiger partial charge >= 0.3 is 0 Å². The number of anilines is 1. The second-order valence-electron chi connectivity index (χ2n) is 6.80. The first kappa shape index (κ1) is 16.7. The molecule has 6 nitrogen and oxygen atoms in total. The molecule has 1 saturated heterocycles. The second kappa shape index (κ2) is 7.64. The fourth-order valence-electron chi connectivity index (χ4n) is 3.54. The third-order valence-corrected chi connectivity index (χ3v) is 4.86. The molecule has 1 N–H and O–H groups in total. The lowest BCUT2D eigenvalue weighted by atomic mass is 9.96. The predicted octanol–water partition coefficient (Wildman–Crippen LogP) is 1.76. The van der Waals surface area contributed by atoms with Crippen molar-refractivity contribution in [2.24, 2.45) is 7.05 Å². The van der Waals surface area contributed by atoms with Crippen LogP contribution in [0.25, 0.3) is 0 Å². The molecule has 1 aliphatic heterocycles. The number of carbonyl (C=O) groups is 1. The Morgan fingerprint density at radius 1 is 1.38 bits per heavy atom. The number of hydrogen-bond acceptors (Lipinski definition) is 4. The quantitative estimate of drug-likeness (QED) is 0.854. The minimum absolute atomic E-state index is 0.0853. The van der Waals surface area contributed by atoms with Gasteiger partial charge in [-0.25, -0.2) is 4.98 Å². The summed E-state index contributed by atoms with van der Waals surface area (Å²) in [7, 11) is 1.73. The summed E-state index contributed by atoms with van der Waals surface area (Å²) in [5.74, 6) is 0.581.